The van der Waals surface area contributed by atoms with Crippen LogP contribution in [0.1, 0.15) is 15.9 Å². The molecule has 0 N–H and O–H groups in total. The molecule has 0 unspecified atom stereocenters. The predicted molar refractivity (Wildman–Crippen MR) is 66.8 cm³/mol. The van der Waals surface area contributed by atoms with Crippen LogP contribution in [0.2, 0.25) is 0 Å². The first-order chi connectivity index (χ1) is 8.52. The summed E-state index contributed by atoms with van der Waals surface area (Å²) in [4.78, 5) is 35.6. The first-order valence-corrected chi connectivity index (χ1v) is 5.39. The lowest BCUT2D eigenvalue weighted by molar-refractivity contribution is 0.103. The molecular formula is C13H12N2O3. The third-order valence-corrected chi connectivity index (χ3v) is 2.73. The van der Waals surface area contributed by atoms with E-state index in [1.165, 1.54) is 24.9 Å². The molecule has 18 heavy (non-hydrogen) atoms. The summed E-state index contributed by atoms with van der Waals surface area (Å²) < 4.78 is 2.15. The fourth-order valence-electron chi connectivity index (χ4n) is 1.71. The van der Waals surface area contributed by atoms with Gasteiger partial charge < -0.3 is 4.57 Å². The number of ketones is 1. The van der Waals surface area contributed by atoms with E-state index < -0.39 is 11.2 Å². The topological polar surface area (TPSA) is 61.1 Å². The van der Waals surface area contributed by atoms with E-state index in [2.05, 4.69) is 0 Å². The first-order valence-electron chi connectivity index (χ1n) is 5.39. The van der Waals surface area contributed by atoms with Crippen molar-refractivity contribution in [3.05, 3.63) is 68.5 Å². The van der Waals surface area contributed by atoms with Gasteiger partial charge in [0, 0.05) is 25.9 Å². The van der Waals surface area contributed by atoms with Crippen molar-refractivity contribution in [3.8, 4) is 0 Å². The van der Waals surface area contributed by atoms with Gasteiger partial charge in [0.25, 0.3) is 5.56 Å². The van der Waals surface area contributed by atoms with Crippen LogP contribution in [0, 0.1) is 0 Å². The van der Waals surface area contributed by atoms with Crippen molar-refractivity contribution in [1.29, 1.82) is 0 Å². The maximum Gasteiger partial charge on any atom is 0.330 e. The Morgan fingerprint density at radius 2 is 1.67 bits per heavy atom. The van der Waals surface area contributed by atoms with Crippen molar-refractivity contribution in [3.63, 3.8) is 0 Å². The van der Waals surface area contributed by atoms with E-state index in [0.717, 1.165) is 4.57 Å². The van der Waals surface area contributed by atoms with Crippen LogP contribution in [0.3, 0.4) is 0 Å². The normalized spacial score (nSPS) is 10.3. The lowest BCUT2D eigenvalue weighted by atomic mass is 10.1. The van der Waals surface area contributed by atoms with Crippen LogP contribution in [-0.2, 0) is 14.1 Å². The molecule has 1 aromatic carbocycles. The standard InChI is InChI=1S/C13H12N2O3/c1-14-8-10(12(17)15(2)13(14)18)11(16)9-6-4-3-5-7-9/h3-8H,1-2H3. The SMILES string of the molecule is Cn1cc(C(=O)c2ccccc2)c(=O)n(C)c1=O. The van der Waals surface area contributed by atoms with Gasteiger partial charge in [0.2, 0.25) is 0 Å². The first kappa shape index (κ1) is 12.0. The number of carbonyl (C=O) groups is 1. The van der Waals surface area contributed by atoms with Gasteiger partial charge in [-0.3, -0.25) is 14.2 Å². The summed E-state index contributed by atoms with van der Waals surface area (Å²) in [5.41, 5.74) is -0.615. The number of benzene rings is 1. The summed E-state index contributed by atoms with van der Waals surface area (Å²) in [6.07, 6.45) is 1.28. The highest BCUT2D eigenvalue weighted by Crippen LogP contribution is 2.04. The average molecular weight is 244 g/mol. The summed E-state index contributed by atoms with van der Waals surface area (Å²) in [5, 5.41) is 0. The number of aromatic nitrogens is 2. The predicted octanol–water partition coefficient (Wildman–Crippen LogP) is 0.315. The van der Waals surface area contributed by atoms with Gasteiger partial charge >= 0.3 is 5.69 Å². The molecule has 0 aliphatic rings. The summed E-state index contributed by atoms with van der Waals surface area (Å²) in [7, 11) is 2.86. The van der Waals surface area contributed by atoms with E-state index in [0.29, 0.717) is 5.56 Å². The van der Waals surface area contributed by atoms with Crippen molar-refractivity contribution in [1.82, 2.24) is 9.13 Å². The zero-order chi connectivity index (χ0) is 13.3. The molecule has 0 fully saturated rings. The smallest absolute Gasteiger partial charge is 0.303 e. The van der Waals surface area contributed by atoms with Crippen LogP contribution in [0.25, 0.3) is 0 Å². The quantitative estimate of drug-likeness (QED) is 0.714. The molecule has 0 amide bonds. The van der Waals surface area contributed by atoms with Crippen LogP contribution in [0.15, 0.2) is 46.1 Å². The Bertz CT molecular complexity index is 711. The second kappa shape index (κ2) is 4.44. The number of aryl methyl sites for hydroxylation is 1. The fraction of sp³-hybridized carbons (Fsp3) is 0.154. The van der Waals surface area contributed by atoms with E-state index >= 15 is 0 Å². The Kier molecular flexibility index (Phi) is 2.97. The van der Waals surface area contributed by atoms with Crippen molar-refractivity contribution < 1.29 is 4.79 Å². The lowest BCUT2D eigenvalue weighted by Gasteiger charge is -2.05. The van der Waals surface area contributed by atoms with Gasteiger partial charge in [0.1, 0.15) is 5.56 Å². The number of hydrogen-bond acceptors (Lipinski definition) is 3. The summed E-state index contributed by atoms with van der Waals surface area (Å²) in [6.45, 7) is 0. The highest BCUT2D eigenvalue weighted by Gasteiger charge is 2.15. The molecule has 0 aliphatic carbocycles. The maximum absolute atomic E-state index is 12.2. The summed E-state index contributed by atoms with van der Waals surface area (Å²) in [5.74, 6) is -0.383. The van der Waals surface area contributed by atoms with Crippen molar-refractivity contribution in [2.45, 2.75) is 0 Å². The second-order valence-electron chi connectivity index (χ2n) is 4.00. The molecular weight excluding hydrogens is 232 g/mol. The minimum atomic E-state index is -0.577. The minimum Gasteiger partial charge on any atom is -0.303 e. The molecule has 0 saturated heterocycles. The van der Waals surface area contributed by atoms with E-state index in [1.54, 1.807) is 30.3 Å². The highest BCUT2D eigenvalue weighted by atomic mass is 16.2. The third kappa shape index (κ3) is 1.90. The zero-order valence-corrected chi connectivity index (χ0v) is 10.1. The largest absolute Gasteiger partial charge is 0.330 e. The Labute approximate surface area is 103 Å². The molecule has 1 aromatic heterocycles. The van der Waals surface area contributed by atoms with Crippen LogP contribution in [-0.4, -0.2) is 14.9 Å². The molecule has 1 heterocycles. The number of nitrogens with zero attached hydrogens (tertiary/aromatic N) is 2. The molecule has 5 nitrogen and oxygen atoms in total. The molecule has 0 saturated carbocycles. The lowest BCUT2D eigenvalue weighted by Crippen LogP contribution is -2.39. The Balaban J connectivity index is 2.64. The van der Waals surface area contributed by atoms with E-state index in [4.69, 9.17) is 0 Å². The van der Waals surface area contributed by atoms with Crippen molar-refractivity contribution in [2.24, 2.45) is 14.1 Å². The van der Waals surface area contributed by atoms with Gasteiger partial charge in [-0.1, -0.05) is 30.3 Å². The van der Waals surface area contributed by atoms with Crippen LogP contribution in [0.5, 0.6) is 0 Å². The summed E-state index contributed by atoms with van der Waals surface area (Å²) >= 11 is 0. The van der Waals surface area contributed by atoms with Gasteiger partial charge in [-0.15, -0.1) is 0 Å². The van der Waals surface area contributed by atoms with Gasteiger partial charge in [0.15, 0.2) is 5.78 Å². The van der Waals surface area contributed by atoms with Gasteiger partial charge in [-0.25, -0.2) is 4.79 Å². The molecule has 92 valence electrons. The molecule has 0 spiro atoms. The van der Waals surface area contributed by atoms with Gasteiger partial charge in [-0.05, 0) is 0 Å². The fourth-order valence-corrected chi connectivity index (χ4v) is 1.71. The van der Waals surface area contributed by atoms with Crippen molar-refractivity contribution in [2.75, 3.05) is 0 Å². The Morgan fingerprint density at radius 1 is 1.06 bits per heavy atom. The van der Waals surface area contributed by atoms with Gasteiger partial charge in [-0.2, -0.15) is 0 Å². The highest BCUT2D eigenvalue weighted by molar-refractivity contribution is 6.08. The minimum absolute atomic E-state index is 0.00852. The maximum atomic E-state index is 12.2. The van der Waals surface area contributed by atoms with Crippen LogP contribution >= 0.6 is 0 Å². The average Bonchev–Trinajstić information content (AvgIpc) is 2.41. The number of carbonyl (C=O) groups excluding carboxylic acids is 1. The molecule has 0 aliphatic heterocycles. The number of rotatable bonds is 2. The van der Waals surface area contributed by atoms with Gasteiger partial charge in [0.05, 0.1) is 0 Å². The number of hydrogen-bond donors (Lipinski definition) is 0. The molecule has 2 aromatic rings. The molecule has 0 radical (unpaired) electrons. The van der Waals surface area contributed by atoms with E-state index in [1.807, 2.05) is 0 Å². The Morgan fingerprint density at radius 3 is 2.28 bits per heavy atom. The molecule has 2 rings (SSSR count). The Hall–Kier alpha value is -2.43. The molecule has 5 heteroatoms. The van der Waals surface area contributed by atoms with Crippen LogP contribution < -0.4 is 11.2 Å². The van der Waals surface area contributed by atoms with Crippen molar-refractivity contribution >= 4 is 5.78 Å². The third-order valence-electron chi connectivity index (χ3n) is 2.73. The molecule has 0 atom stereocenters. The summed E-state index contributed by atoms with van der Waals surface area (Å²) in [6, 6.07) is 8.49. The zero-order valence-electron chi connectivity index (χ0n) is 10.1. The van der Waals surface area contributed by atoms with Crippen LogP contribution in [0.4, 0.5) is 0 Å². The van der Waals surface area contributed by atoms with E-state index in [-0.39, 0.29) is 11.3 Å². The molecule has 0 bridgehead atoms. The monoisotopic (exact) mass is 244 g/mol. The van der Waals surface area contributed by atoms with E-state index in [9.17, 15) is 14.4 Å². The second-order valence-corrected chi connectivity index (χ2v) is 4.00.